The van der Waals surface area contributed by atoms with Crippen molar-refractivity contribution in [3.8, 4) is 0 Å². The fourth-order valence-electron chi connectivity index (χ4n) is 1.48. The first kappa shape index (κ1) is 14.2. The molecule has 0 aliphatic heterocycles. The highest BCUT2D eigenvalue weighted by Gasteiger charge is 2.16. The number of aromatic nitrogens is 2. The Kier molecular flexibility index (Phi) is 5.35. The van der Waals surface area contributed by atoms with Crippen LogP contribution in [0.4, 0.5) is 11.6 Å². The SMILES string of the molecule is CCNc1cc(NC(C)C(=O)N(C)CC)ncn1. The summed E-state index contributed by atoms with van der Waals surface area (Å²) in [6.07, 6.45) is 1.47. The zero-order valence-electron chi connectivity index (χ0n) is 11.4. The van der Waals surface area contributed by atoms with Crippen molar-refractivity contribution >= 4 is 17.5 Å². The van der Waals surface area contributed by atoms with E-state index in [4.69, 9.17) is 0 Å². The second kappa shape index (κ2) is 6.78. The third kappa shape index (κ3) is 3.87. The number of anilines is 2. The molecular formula is C12H21N5O. The van der Waals surface area contributed by atoms with Gasteiger partial charge >= 0.3 is 0 Å². The van der Waals surface area contributed by atoms with Crippen LogP contribution < -0.4 is 10.6 Å². The van der Waals surface area contributed by atoms with E-state index in [1.165, 1.54) is 6.33 Å². The van der Waals surface area contributed by atoms with E-state index < -0.39 is 0 Å². The Morgan fingerprint density at radius 1 is 1.39 bits per heavy atom. The largest absolute Gasteiger partial charge is 0.370 e. The summed E-state index contributed by atoms with van der Waals surface area (Å²) in [5.41, 5.74) is 0. The Bertz CT molecular complexity index is 396. The summed E-state index contributed by atoms with van der Waals surface area (Å²) in [6.45, 7) is 7.25. The Hall–Kier alpha value is -1.85. The molecular weight excluding hydrogens is 230 g/mol. The molecule has 1 rings (SSSR count). The molecule has 100 valence electrons. The molecule has 2 N–H and O–H groups in total. The summed E-state index contributed by atoms with van der Waals surface area (Å²) in [4.78, 5) is 21.7. The fourth-order valence-corrected chi connectivity index (χ4v) is 1.48. The Morgan fingerprint density at radius 2 is 2.06 bits per heavy atom. The first-order valence-electron chi connectivity index (χ1n) is 6.15. The van der Waals surface area contributed by atoms with Gasteiger partial charge in [-0.25, -0.2) is 9.97 Å². The summed E-state index contributed by atoms with van der Waals surface area (Å²) in [5.74, 6) is 1.44. The van der Waals surface area contributed by atoms with E-state index in [0.29, 0.717) is 12.4 Å². The third-order valence-corrected chi connectivity index (χ3v) is 2.61. The van der Waals surface area contributed by atoms with Crippen LogP contribution in [0.25, 0.3) is 0 Å². The predicted octanol–water partition coefficient (Wildman–Crippen LogP) is 1.19. The van der Waals surface area contributed by atoms with Crippen molar-refractivity contribution in [2.24, 2.45) is 0 Å². The molecule has 0 saturated heterocycles. The average Bonchev–Trinajstić information content (AvgIpc) is 2.37. The van der Waals surface area contributed by atoms with E-state index >= 15 is 0 Å². The normalized spacial score (nSPS) is 11.8. The summed E-state index contributed by atoms with van der Waals surface area (Å²) in [6, 6.07) is 1.48. The Labute approximate surface area is 108 Å². The van der Waals surface area contributed by atoms with Crippen LogP contribution in [-0.2, 0) is 4.79 Å². The van der Waals surface area contributed by atoms with Crippen molar-refractivity contribution in [1.29, 1.82) is 0 Å². The maximum Gasteiger partial charge on any atom is 0.244 e. The number of nitrogens with one attached hydrogen (secondary N) is 2. The number of likely N-dealkylation sites (N-methyl/N-ethyl adjacent to an activating group) is 1. The minimum Gasteiger partial charge on any atom is -0.370 e. The molecule has 1 aromatic rings. The van der Waals surface area contributed by atoms with Crippen LogP contribution in [0, 0.1) is 0 Å². The van der Waals surface area contributed by atoms with Crippen molar-refractivity contribution in [2.45, 2.75) is 26.8 Å². The Balaban J connectivity index is 2.66. The van der Waals surface area contributed by atoms with Crippen LogP contribution >= 0.6 is 0 Å². The second-order valence-corrected chi connectivity index (χ2v) is 4.04. The van der Waals surface area contributed by atoms with E-state index in [9.17, 15) is 4.79 Å². The molecule has 1 atom stereocenters. The molecule has 18 heavy (non-hydrogen) atoms. The van der Waals surface area contributed by atoms with Crippen molar-refractivity contribution in [1.82, 2.24) is 14.9 Å². The molecule has 1 unspecified atom stereocenters. The number of rotatable bonds is 6. The fraction of sp³-hybridized carbons (Fsp3) is 0.583. The monoisotopic (exact) mass is 251 g/mol. The topological polar surface area (TPSA) is 70.2 Å². The highest BCUT2D eigenvalue weighted by atomic mass is 16.2. The number of hydrogen-bond donors (Lipinski definition) is 2. The molecule has 1 aromatic heterocycles. The van der Waals surface area contributed by atoms with E-state index in [-0.39, 0.29) is 11.9 Å². The van der Waals surface area contributed by atoms with E-state index in [0.717, 1.165) is 12.4 Å². The quantitative estimate of drug-likeness (QED) is 0.794. The first-order chi connectivity index (χ1) is 8.58. The van der Waals surface area contributed by atoms with Gasteiger partial charge in [-0.05, 0) is 20.8 Å². The van der Waals surface area contributed by atoms with Gasteiger partial charge in [-0.2, -0.15) is 0 Å². The van der Waals surface area contributed by atoms with Crippen LogP contribution in [0.15, 0.2) is 12.4 Å². The van der Waals surface area contributed by atoms with Gasteiger partial charge in [-0.15, -0.1) is 0 Å². The van der Waals surface area contributed by atoms with Gasteiger partial charge in [-0.1, -0.05) is 0 Å². The molecule has 0 spiro atoms. The van der Waals surface area contributed by atoms with Crippen LogP contribution in [0.5, 0.6) is 0 Å². The van der Waals surface area contributed by atoms with Crippen molar-refractivity contribution in [3.05, 3.63) is 12.4 Å². The van der Waals surface area contributed by atoms with Gasteiger partial charge in [0.1, 0.15) is 24.0 Å². The van der Waals surface area contributed by atoms with Gasteiger partial charge in [0.15, 0.2) is 0 Å². The number of hydrogen-bond acceptors (Lipinski definition) is 5. The molecule has 6 nitrogen and oxygen atoms in total. The zero-order chi connectivity index (χ0) is 13.5. The lowest BCUT2D eigenvalue weighted by molar-refractivity contribution is -0.130. The summed E-state index contributed by atoms with van der Waals surface area (Å²) in [7, 11) is 1.78. The summed E-state index contributed by atoms with van der Waals surface area (Å²) < 4.78 is 0. The minimum absolute atomic E-state index is 0.0427. The molecule has 6 heteroatoms. The molecule has 0 saturated carbocycles. The second-order valence-electron chi connectivity index (χ2n) is 4.04. The lowest BCUT2D eigenvalue weighted by Crippen LogP contribution is -2.39. The van der Waals surface area contributed by atoms with E-state index in [1.54, 1.807) is 18.0 Å². The number of amides is 1. The lowest BCUT2D eigenvalue weighted by atomic mass is 10.3. The maximum absolute atomic E-state index is 11.9. The van der Waals surface area contributed by atoms with Gasteiger partial charge in [-0.3, -0.25) is 4.79 Å². The molecule has 0 fully saturated rings. The number of carbonyl (C=O) groups is 1. The molecule has 0 bridgehead atoms. The van der Waals surface area contributed by atoms with Crippen molar-refractivity contribution in [3.63, 3.8) is 0 Å². The van der Waals surface area contributed by atoms with E-state index in [2.05, 4.69) is 20.6 Å². The van der Waals surface area contributed by atoms with Crippen LogP contribution in [-0.4, -0.2) is 47.0 Å². The van der Waals surface area contributed by atoms with Gasteiger partial charge in [0, 0.05) is 26.2 Å². The molecule has 0 aliphatic rings. The van der Waals surface area contributed by atoms with Crippen LogP contribution in [0.1, 0.15) is 20.8 Å². The first-order valence-corrected chi connectivity index (χ1v) is 6.15. The van der Waals surface area contributed by atoms with Gasteiger partial charge in [0.25, 0.3) is 0 Å². The molecule has 0 aromatic carbocycles. The number of carbonyl (C=O) groups excluding carboxylic acids is 1. The smallest absolute Gasteiger partial charge is 0.244 e. The number of nitrogens with zero attached hydrogens (tertiary/aromatic N) is 3. The van der Waals surface area contributed by atoms with Crippen molar-refractivity contribution < 1.29 is 4.79 Å². The molecule has 0 radical (unpaired) electrons. The Morgan fingerprint density at radius 3 is 2.67 bits per heavy atom. The van der Waals surface area contributed by atoms with Gasteiger partial charge in [0.2, 0.25) is 5.91 Å². The molecule has 0 aliphatic carbocycles. The lowest BCUT2D eigenvalue weighted by Gasteiger charge is -2.21. The molecule has 1 heterocycles. The van der Waals surface area contributed by atoms with Crippen LogP contribution in [0.3, 0.4) is 0 Å². The highest BCUT2D eigenvalue weighted by molar-refractivity contribution is 5.83. The van der Waals surface area contributed by atoms with Gasteiger partial charge < -0.3 is 15.5 Å². The van der Waals surface area contributed by atoms with Crippen LogP contribution in [0.2, 0.25) is 0 Å². The highest BCUT2D eigenvalue weighted by Crippen LogP contribution is 2.10. The standard InChI is InChI=1S/C12H21N5O/c1-5-13-10-7-11(15-8-14-10)16-9(3)12(18)17(4)6-2/h7-9H,5-6H2,1-4H3,(H2,13,14,15,16). The summed E-state index contributed by atoms with van der Waals surface area (Å²) in [5, 5.41) is 6.17. The zero-order valence-corrected chi connectivity index (χ0v) is 11.4. The van der Waals surface area contributed by atoms with Gasteiger partial charge in [0.05, 0.1) is 0 Å². The molecule has 1 amide bonds. The maximum atomic E-state index is 11.9. The minimum atomic E-state index is -0.306. The third-order valence-electron chi connectivity index (χ3n) is 2.61. The summed E-state index contributed by atoms with van der Waals surface area (Å²) >= 11 is 0. The predicted molar refractivity (Wildman–Crippen MR) is 72.6 cm³/mol. The van der Waals surface area contributed by atoms with Crippen molar-refractivity contribution in [2.75, 3.05) is 30.8 Å². The average molecular weight is 251 g/mol. The van der Waals surface area contributed by atoms with E-state index in [1.807, 2.05) is 20.8 Å².